The van der Waals surface area contributed by atoms with Gasteiger partial charge in [0.2, 0.25) is 0 Å². The first-order valence-corrected chi connectivity index (χ1v) is 8.61. The van der Waals surface area contributed by atoms with Gasteiger partial charge in [-0.1, -0.05) is 48.5 Å². The number of hydrogen-bond donors (Lipinski definition) is 3. The van der Waals surface area contributed by atoms with Crippen molar-refractivity contribution >= 4 is 6.03 Å². The van der Waals surface area contributed by atoms with Crippen molar-refractivity contribution in [2.24, 2.45) is 0 Å². The van der Waals surface area contributed by atoms with Crippen molar-refractivity contribution in [1.29, 1.82) is 0 Å². The van der Waals surface area contributed by atoms with Crippen molar-refractivity contribution in [3.63, 3.8) is 0 Å². The molecule has 3 N–H and O–H groups in total. The molecule has 140 valence electrons. The molecular weight excluding hydrogens is 347 g/mol. The fourth-order valence-corrected chi connectivity index (χ4v) is 2.64. The molecule has 1 aromatic heterocycles. The fraction of sp³-hybridized carbons (Fsp3) is 0.200. The van der Waals surface area contributed by atoms with E-state index in [1.54, 1.807) is 23.0 Å². The number of nitrogens with zero attached hydrogens (tertiary/aromatic N) is 2. The maximum absolute atomic E-state index is 13.6. The van der Waals surface area contributed by atoms with Gasteiger partial charge in [-0.3, -0.25) is 4.68 Å². The average molecular weight is 368 g/mol. The first kappa shape index (κ1) is 18.6. The Balaban J connectivity index is 1.43. The molecule has 1 atom stereocenters. The summed E-state index contributed by atoms with van der Waals surface area (Å²) in [4.78, 5) is 11.9. The third kappa shape index (κ3) is 5.39. The summed E-state index contributed by atoms with van der Waals surface area (Å²) in [6, 6.07) is 15.4. The van der Waals surface area contributed by atoms with Gasteiger partial charge in [-0.05, 0) is 11.6 Å². The van der Waals surface area contributed by atoms with Crippen LogP contribution in [0.4, 0.5) is 9.18 Å². The Bertz CT molecular complexity index is 882. The third-order valence-electron chi connectivity index (χ3n) is 4.05. The van der Waals surface area contributed by atoms with Crippen molar-refractivity contribution < 1.29 is 14.3 Å². The van der Waals surface area contributed by atoms with Crippen LogP contribution in [-0.2, 0) is 13.1 Å². The first-order chi connectivity index (χ1) is 13.1. The van der Waals surface area contributed by atoms with Gasteiger partial charge in [-0.25, -0.2) is 9.18 Å². The van der Waals surface area contributed by atoms with Crippen LogP contribution in [0, 0.1) is 5.82 Å². The number of benzene rings is 2. The number of carbonyl (C=O) groups excluding carboxylic acids is 1. The highest BCUT2D eigenvalue weighted by Gasteiger charge is 2.13. The van der Waals surface area contributed by atoms with Crippen LogP contribution < -0.4 is 10.6 Å². The number of halogens is 1. The molecule has 0 saturated carbocycles. The number of urea groups is 1. The minimum Gasteiger partial charge on any atom is -0.386 e. The molecule has 1 unspecified atom stereocenters. The van der Waals surface area contributed by atoms with Crippen LogP contribution in [0.15, 0.2) is 67.0 Å². The molecule has 3 rings (SSSR count). The Morgan fingerprint density at radius 2 is 1.81 bits per heavy atom. The first-order valence-electron chi connectivity index (χ1n) is 8.61. The molecule has 3 aromatic rings. The molecule has 0 aliphatic rings. The van der Waals surface area contributed by atoms with E-state index in [-0.39, 0.29) is 12.1 Å². The molecule has 0 saturated heterocycles. The minimum atomic E-state index is -1.11. The minimum absolute atomic E-state index is 0.0833. The second kappa shape index (κ2) is 8.95. The summed E-state index contributed by atoms with van der Waals surface area (Å²) in [7, 11) is 0. The van der Waals surface area contributed by atoms with Crippen LogP contribution in [0.2, 0.25) is 0 Å². The van der Waals surface area contributed by atoms with Crippen LogP contribution in [0.3, 0.4) is 0 Å². The van der Waals surface area contributed by atoms with Gasteiger partial charge in [-0.2, -0.15) is 5.10 Å². The highest BCUT2D eigenvalue weighted by Crippen LogP contribution is 2.15. The number of nitrogens with one attached hydrogen (secondary N) is 2. The zero-order valence-corrected chi connectivity index (χ0v) is 14.7. The third-order valence-corrected chi connectivity index (χ3v) is 4.05. The smallest absolute Gasteiger partial charge is 0.315 e. The van der Waals surface area contributed by atoms with Gasteiger partial charge in [0, 0.05) is 30.4 Å². The van der Waals surface area contributed by atoms with Crippen molar-refractivity contribution in [2.75, 3.05) is 6.54 Å². The van der Waals surface area contributed by atoms with Crippen molar-refractivity contribution in [2.45, 2.75) is 19.2 Å². The second-order valence-electron chi connectivity index (χ2n) is 6.13. The number of hydrogen-bond acceptors (Lipinski definition) is 3. The van der Waals surface area contributed by atoms with Crippen LogP contribution >= 0.6 is 0 Å². The summed E-state index contributed by atoms with van der Waals surface area (Å²) in [6.07, 6.45) is 2.45. The van der Waals surface area contributed by atoms with Crippen LogP contribution in [0.1, 0.15) is 22.8 Å². The molecule has 0 fully saturated rings. The zero-order chi connectivity index (χ0) is 19.1. The van der Waals surface area contributed by atoms with E-state index >= 15 is 0 Å². The Labute approximate surface area is 156 Å². The van der Waals surface area contributed by atoms with Gasteiger partial charge in [0.25, 0.3) is 0 Å². The van der Waals surface area contributed by atoms with Crippen molar-refractivity contribution in [3.8, 4) is 0 Å². The maximum atomic E-state index is 13.6. The van der Waals surface area contributed by atoms with Crippen LogP contribution in [0.25, 0.3) is 0 Å². The fourth-order valence-electron chi connectivity index (χ4n) is 2.64. The Morgan fingerprint density at radius 3 is 2.59 bits per heavy atom. The Hall–Kier alpha value is -3.19. The van der Waals surface area contributed by atoms with E-state index in [1.807, 2.05) is 36.5 Å². The van der Waals surface area contributed by atoms with Gasteiger partial charge in [-0.15, -0.1) is 0 Å². The van der Waals surface area contributed by atoms with Crippen LogP contribution in [-0.4, -0.2) is 27.5 Å². The van der Waals surface area contributed by atoms with Crippen molar-refractivity contribution in [3.05, 3.63) is 89.5 Å². The monoisotopic (exact) mass is 368 g/mol. The highest BCUT2D eigenvalue weighted by atomic mass is 19.1. The van der Waals surface area contributed by atoms with Gasteiger partial charge in [0.1, 0.15) is 5.82 Å². The lowest BCUT2D eigenvalue weighted by atomic mass is 10.1. The maximum Gasteiger partial charge on any atom is 0.315 e. The van der Waals surface area contributed by atoms with E-state index < -0.39 is 18.0 Å². The molecular formula is C20H21FN4O2. The largest absolute Gasteiger partial charge is 0.386 e. The molecule has 1 heterocycles. The topological polar surface area (TPSA) is 79.2 Å². The summed E-state index contributed by atoms with van der Waals surface area (Å²) in [6.45, 7) is 0.873. The lowest BCUT2D eigenvalue weighted by molar-refractivity contribution is 0.169. The van der Waals surface area contributed by atoms with E-state index in [4.69, 9.17) is 0 Å². The molecule has 0 bridgehead atoms. The summed E-state index contributed by atoms with van der Waals surface area (Å²) in [5.74, 6) is -0.502. The lowest BCUT2D eigenvalue weighted by Gasteiger charge is -2.13. The predicted molar refractivity (Wildman–Crippen MR) is 99.4 cm³/mol. The zero-order valence-electron chi connectivity index (χ0n) is 14.7. The molecule has 0 aliphatic heterocycles. The number of aliphatic hydroxyl groups excluding tert-OH is 1. The average Bonchev–Trinajstić information content (AvgIpc) is 3.13. The standard InChI is InChI=1S/C20H21FN4O2/c21-18-9-5-4-8-17(18)19(26)12-23-20(27)22-10-16-11-24-25(14-16)13-15-6-2-1-3-7-15/h1-9,11,14,19,26H,10,12-13H2,(H2,22,23,27). The van der Waals surface area contributed by atoms with Gasteiger partial charge in [0.05, 0.1) is 18.8 Å². The lowest BCUT2D eigenvalue weighted by Crippen LogP contribution is -2.37. The number of amides is 2. The molecule has 6 nitrogen and oxygen atoms in total. The van der Waals surface area contributed by atoms with Crippen molar-refractivity contribution in [1.82, 2.24) is 20.4 Å². The summed E-state index contributed by atoms with van der Waals surface area (Å²) in [5.41, 5.74) is 2.15. The molecule has 27 heavy (non-hydrogen) atoms. The normalized spacial score (nSPS) is 11.8. The quantitative estimate of drug-likeness (QED) is 0.600. The number of aliphatic hydroxyl groups is 1. The summed E-state index contributed by atoms with van der Waals surface area (Å²) in [5, 5.41) is 19.5. The summed E-state index contributed by atoms with van der Waals surface area (Å²) < 4.78 is 15.4. The van der Waals surface area contributed by atoms with Gasteiger partial charge in [0.15, 0.2) is 0 Å². The Kier molecular flexibility index (Phi) is 6.17. The number of carbonyl (C=O) groups is 1. The predicted octanol–water partition coefficient (Wildman–Crippen LogP) is 2.60. The molecule has 2 amide bonds. The van der Waals surface area contributed by atoms with Gasteiger partial charge >= 0.3 is 6.03 Å². The van der Waals surface area contributed by atoms with Gasteiger partial charge < -0.3 is 15.7 Å². The summed E-state index contributed by atoms with van der Waals surface area (Å²) >= 11 is 0. The van der Waals surface area contributed by atoms with E-state index in [0.29, 0.717) is 13.1 Å². The number of rotatable bonds is 7. The molecule has 0 spiro atoms. The highest BCUT2D eigenvalue weighted by molar-refractivity contribution is 5.73. The molecule has 0 aliphatic carbocycles. The van der Waals surface area contributed by atoms with E-state index in [2.05, 4.69) is 15.7 Å². The Morgan fingerprint density at radius 1 is 1.07 bits per heavy atom. The second-order valence-corrected chi connectivity index (χ2v) is 6.13. The van der Waals surface area contributed by atoms with Crippen LogP contribution in [0.5, 0.6) is 0 Å². The SMILES string of the molecule is O=C(NCc1cnn(Cc2ccccc2)c1)NCC(O)c1ccccc1F. The molecule has 0 radical (unpaired) electrons. The van der Waals surface area contributed by atoms with E-state index in [9.17, 15) is 14.3 Å². The van der Waals surface area contributed by atoms with E-state index in [1.165, 1.54) is 12.1 Å². The molecule has 7 heteroatoms. The van der Waals surface area contributed by atoms with E-state index in [0.717, 1.165) is 11.1 Å². The molecule has 2 aromatic carbocycles. The number of aromatic nitrogens is 2.